The minimum atomic E-state index is -0.750. The Balaban J connectivity index is 2.24. The van der Waals surface area contributed by atoms with E-state index in [2.05, 4.69) is 9.98 Å². The lowest BCUT2D eigenvalue weighted by molar-refractivity contribution is -0.120. The van der Waals surface area contributed by atoms with Gasteiger partial charge >= 0.3 is 0 Å². The Kier molecular flexibility index (Phi) is 4.29. The highest BCUT2D eigenvalue weighted by molar-refractivity contribution is 8.14. The summed E-state index contributed by atoms with van der Waals surface area (Å²) in [5.74, 6) is 0.849. The number of pyridine rings is 1. The van der Waals surface area contributed by atoms with Crippen LogP contribution in [0.15, 0.2) is 17.3 Å². The molecule has 1 atom stereocenters. The molecular formula is C13H16N2O4S. The molecule has 1 aliphatic rings. The molecule has 1 aromatic rings. The molecule has 0 amide bonds. The van der Waals surface area contributed by atoms with Crippen LogP contribution < -0.4 is 4.74 Å². The van der Waals surface area contributed by atoms with Crippen LogP contribution in [0, 0.1) is 0 Å². The summed E-state index contributed by atoms with van der Waals surface area (Å²) in [6.45, 7) is 3.30. The Labute approximate surface area is 120 Å². The van der Waals surface area contributed by atoms with Gasteiger partial charge < -0.3 is 14.9 Å². The van der Waals surface area contributed by atoms with Crippen molar-refractivity contribution in [1.29, 1.82) is 0 Å². The highest BCUT2D eigenvalue weighted by Gasteiger charge is 2.36. The second-order valence-corrected chi connectivity index (χ2v) is 5.61. The summed E-state index contributed by atoms with van der Waals surface area (Å²) in [4.78, 5) is 20.0. The zero-order valence-corrected chi connectivity index (χ0v) is 12.1. The first-order chi connectivity index (χ1) is 9.46. The lowest BCUT2D eigenvalue weighted by Gasteiger charge is -2.14. The number of aliphatic hydroxyl groups is 1. The Morgan fingerprint density at radius 2 is 2.35 bits per heavy atom. The van der Waals surface area contributed by atoms with Crippen molar-refractivity contribution >= 4 is 22.6 Å². The zero-order chi connectivity index (χ0) is 14.8. The first-order valence-electron chi connectivity index (χ1n) is 6.13. The number of ketones is 1. The highest BCUT2D eigenvalue weighted by Crippen LogP contribution is 2.34. The highest BCUT2D eigenvalue weighted by atomic mass is 32.2. The number of aromatic hydroxyl groups is 1. The molecule has 0 saturated heterocycles. The number of aliphatic imine (C=N–C) groups is 1. The van der Waals surface area contributed by atoms with Crippen molar-refractivity contribution in [1.82, 2.24) is 4.98 Å². The average molecular weight is 296 g/mol. The minimum absolute atomic E-state index is 0.0117. The summed E-state index contributed by atoms with van der Waals surface area (Å²) < 4.78 is 5.16. The van der Waals surface area contributed by atoms with Crippen LogP contribution in [-0.2, 0) is 4.79 Å². The number of hydrogen-bond donors (Lipinski definition) is 2. The number of rotatable bonds is 5. The molecule has 0 fully saturated rings. The molecule has 0 saturated carbocycles. The van der Waals surface area contributed by atoms with E-state index in [1.807, 2.05) is 0 Å². The maximum atomic E-state index is 11.6. The Bertz CT molecular complexity index is 561. The fourth-order valence-electron chi connectivity index (χ4n) is 1.64. The molecule has 0 aromatic carbocycles. The molecule has 1 aliphatic heterocycles. The number of aromatic nitrogens is 1. The molecule has 7 heteroatoms. The number of carbonyl (C=O) groups is 1. The molecule has 2 N–H and O–H groups in total. The molecule has 108 valence electrons. The fourth-order valence-corrected chi connectivity index (χ4v) is 2.89. The van der Waals surface area contributed by atoms with Gasteiger partial charge in [-0.05, 0) is 13.8 Å². The lowest BCUT2D eigenvalue weighted by Crippen LogP contribution is -2.31. The van der Waals surface area contributed by atoms with Crippen molar-refractivity contribution in [2.75, 3.05) is 19.0 Å². The summed E-state index contributed by atoms with van der Waals surface area (Å²) >= 11 is 1.39. The van der Waals surface area contributed by atoms with Gasteiger partial charge in [0.2, 0.25) is 0 Å². The molecule has 0 bridgehead atoms. The number of Topliss-reactive ketones (excluding diaryl/α,β-unsaturated/α-hetero) is 1. The van der Waals surface area contributed by atoms with Gasteiger partial charge in [0.25, 0.3) is 0 Å². The van der Waals surface area contributed by atoms with E-state index in [9.17, 15) is 9.90 Å². The lowest BCUT2D eigenvalue weighted by atomic mass is 10.0. The predicted octanol–water partition coefficient (Wildman–Crippen LogP) is 0.999. The standard InChI is InChI=1S/C13H16N2O4S/c1-8(17)13(2)7-20-12(15-13)11-10(18)5-9(6-14-11)19-4-3-16/h5-6,16,18H,3-4,7H2,1-2H3/t13-/m1/s1. The largest absolute Gasteiger partial charge is 0.505 e. The number of thioether (sulfide) groups is 1. The van der Waals surface area contributed by atoms with Crippen LogP contribution in [-0.4, -0.2) is 50.5 Å². The van der Waals surface area contributed by atoms with E-state index in [0.717, 1.165) is 0 Å². The van der Waals surface area contributed by atoms with Crippen molar-refractivity contribution in [3.8, 4) is 11.5 Å². The summed E-state index contributed by atoms with van der Waals surface area (Å²) in [5.41, 5.74) is -0.406. The first-order valence-corrected chi connectivity index (χ1v) is 7.11. The molecule has 6 nitrogen and oxygen atoms in total. The van der Waals surface area contributed by atoms with Crippen LogP contribution in [0.2, 0.25) is 0 Å². The number of aliphatic hydroxyl groups excluding tert-OH is 1. The predicted molar refractivity (Wildman–Crippen MR) is 76.6 cm³/mol. The molecule has 2 rings (SSSR count). The van der Waals surface area contributed by atoms with Crippen LogP contribution in [0.25, 0.3) is 0 Å². The van der Waals surface area contributed by atoms with Crippen LogP contribution in [0.4, 0.5) is 0 Å². The second kappa shape index (κ2) is 5.80. The van der Waals surface area contributed by atoms with E-state index < -0.39 is 5.54 Å². The van der Waals surface area contributed by atoms with Gasteiger partial charge in [0.15, 0.2) is 5.78 Å². The molecule has 0 radical (unpaired) electrons. The Morgan fingerprint density at radius 1 is 1.60 bits per heavy atom. The molecule has 20 heavy (non-hydrogen) atoms. The minimum Gasteiger partial charge on any atom is -0.505 e. The molecule has 0 spiro atoms. The zero-order valence-electron chi connectivity index (χ0n) is 11.3. The number of ether oxygens (including phenoxy) is 1. The Hall–Kier alpha value is -1.60. The van der Waals surface area contributed by atoms with Crippen molar-refractivity contribution in [3.05, 3.63) is 18.0 Å². The van der Waals surface area contributed by atoms with Crippen molar-refractivity contribution < 1.29 is 19.7 Å². The van der Waals surface area contributed by atoms with Gasteiger partial charge in [-0.15, -0.1) is 11.8 Å². The first kappa shape index (κ1) is 14.8. The van der Waals surface area contributed by atoms with Crippen LogP contribution in [0.1, 0.15) is 19.5 Å². The Morgan fingerprint density at radius 3 is 2.90 bits per heavy atom. The van der Waals surface area contributed by atoms with E-state index >= 15 is 0 Å². The van der Waals surface area contributed by atoms with E-state index in [0.29, 0.717) is 22.2 Å². The van der Waals surface area contributed by atoms with E-state index in [-0.39, 0.29) is 24.7 Å². The summed E-state index contributed by atoms with van der Waals surface area (Å²) in [6, 6.07) is 1.42. The van der Waals surface area contributed by atoms with Gasteiger partial charge in [0.1, 0.15) is 34.4 Å². The summed E-state index contributed by atoms with van der Waals surface area (Å²) in [7, 11) is 0. The van der Waals surface area contributed by atoms with Crippen molar-refractivity contribution in [2.24, 2.45) is 4.99 Å². The van der Waals surface area contributed by atoms with E-state index in [1.54, 1.807) is 6.92 Å². The third kappa shape index (κ3) is 2.94. The van der Waals surface area contributed by atoms with Crippen molar-refractivity contribution in [3.63, 3.8) is 0 Å². The van der Waals surface area contributed by atoms with Crippen LogP contribution in [0.3, 0.4) is 0 Å². The van der Waals surface area contributed by atoms with Gasteiger partial charge in [-0.2, -0.15) is 0 Å². The fraction of sp³-hybridized carbons (Fsp3) is 0.462. The van der Waals surface area contributed by atoms with Crippen LogP contribution in [0.5, 0.6) is 11.5 Å². The average Bonchev–Trinajstić information content (AvgIpc) is 2.80. The van der Waals surface area contributed by atoms with Crippen molar-refractivity contribution in [2.45, 2.75) is 19.4 Å². The second-order valence-electron chi connectivity index (χ2n) is 4.65. The summed E-state index contributed by atoms with van der Waals surface area (Å²) in [5, 5.41) is 19.2. The SMILES string of the molecule is CC(=O)[C@@]1(C)CSC(c2ncc(OCCO)cc2O)=N1. The topological polar surface area (TPSA) is 92.0 Å². The number of carbonyl (C=O) groups excluding carboxylic acids is 1. The van der Waals surface area contributed by atoms with E-state index in [1.165, 1.54) is 30.9 Å². The molecular weight excluding hydrogens is 280 g/mol. The third-order valence-corrected chi connectivity index (χ3v) is 4.27. The number of nitrogens with zero attached hydrogens (tertiary/aromatic N) is 2. The molecule has 0 aliphatic carbocycles. The third-order valence-electron chi connectivity index (χ3n) is 3.00. The van der Waals surface area contributed by atoms with Gasteiger partial charge in [-0.1, -0.05) is 0 Å². The van der Waals surface area contributed by atoms with Gasteiger partial charge in [0.05, 0.1) is 12.8 Å². The molecule has 0 unspecified atom stereocenters. The molecule has 1 aromatic heterocycles. The van der Waals surface area contributed by atoms with E-state index in [4.69, 9.17) is 9.84 Å². The quantitative estimate of drug-likeness (QED) is 0.842. The number of hydrogen-bond acceptors (Lipinski definition) is 7. The normalized spacial score (nSPS) is 21.6. The maximum Gasteiger partial charge on any atom is 0.157 e. The summed E-state index contributed by atoms with van der Waals surface area (Å²) in [6.07, 6.45) is 1.46. The van der Waals surface area contributed by atoms with Gasteiger partial charge in [-0.3, -0.25) is 9.79 Å². The van der Waals surface area contributed by atoms with Crippen LogP contribution >= 0.6 is 11.8 Å². The maximum absolute atomic E-state index is 11.6. The smallest absolute Gasteiger partial charge is 0.157 e. The molecule has 2 heterocycles. The van der Waals surface area contributed by atoms with Gasteiger partial charge in [-0.25, -0.2) is 4.98 Å². The monoisotopic (exact) mass is 296 g/mol. The van der Waals surface area contributed by atoms with Gasteiger partial charge in [0, 0.05) is 11.8 Å².